The predicted octanol–water partition coefficient (Wildman–Crippen LogP) is 3.28. The van der Waals surface area contributed by atoms with E-state index in [-0.39, 0.29) is 6.61 Å². The van der Waals surface area contributed by atoms with Crippen molar-refractivity contribution in [2.75, 3.05) is 31.1 Å². The summed E-state index contributed by atoms with van der Waals surface area (Å²) in [6, 6.07) is 18.3. The van der Waals surface area contributed by atoms with Gasteiger partial charge in [0.25, 0.3) is 5.89 Å². The Bertz CT molecular complexity index is 857. The van der Waals surface area contributed by atoms with E-state index in [0.29, 0.717) is 18.3 Å². The molecule has 0 atom stereocenters. The van der Waals surface area contributed by atoms with Gasteiger partial charge in [0.05, 0.1) is 6.54 Å². The smallest absolute Gasteiger partial charge is 0.253 e. The van der Waals surface area contributed by atoms with Crippen molar-refractivity contribution in [3.8, 4) is 5.75 Å². The number of benzene rings is 2. The molecule has 140 valence electrons. The average Bonchev–Trinajstić information content (AvgIpc) is 3.15. The number of aryl methyl sites for hydroxylation is 1. The zero-order chi connectivity index (χ0) is 18.5. The van der Waals surface area contributed by atoms with Crippen molar-refractivity contribution in [2.45, 2.75) is 20.1 Å². The van der Waals surface area contributed by atoms with Crippen LogP contribution in [-0.2, 0) is 13.2 Å². The van der Waals surface area contributed by atoms with E-state index in [1.807, 2.05) is 30.3 Å². The highest BCUT2D eigenvalue weighted by molar-refractivity contribution is 5.48. The van der Waals surface area contributed by atoms with Crippen molar-refractivity contribution in [2.24, 2.45) is 0 Å². The number of ether oxygens (including phenoxy) is 1. The normalized spacial score (nSPS) is 15.1. The molecule has 0 bridgehead atoms. The molecule has 0 aliphatic carbocycles. The van der Waals surface area contributed by atoms with Gasteiger partial charge in [-0.15, -0.1) is 10.2 Å². The molecule has 1 saturated heterocycles. The number of rotatable bonds is 6. The van der Waals surface area contributed by atoms with Crippen molar-refractivity contribution in [1.29, 1.82) is 0 Å². The van der Waals surface area contributed by atoms with Crippen LogP contribution in [0.4, 0.5) is 5.69 Å². The van der Waals surface area contributed by atoms with E-state index in [0.717, 1.165) is 31.9 Å². The SMILES string of the molecule is Cc1cccc(N2CCN(Cc3nnc(COc4ccccc4)o3)CC2)c1. The number of para-hydroxylation sites is 1. The highest BCUT2D eigenvalue weighted by Crippen LogP contribution is 2.18. The van der Waals surface area contributed by atoms with Crippen molar-refractivity contribution in [1.82, 2.24) is 15.1 Å². The zero-order valence-corrected chi connectivity index (χ0v) is 15.5. The lowest BCUT2D eigenvalue weighted by Crippen LogP contribution is -2.46. The third kappa shape index (κ3) is 4.65. The quantitative estimate of drug-likeness (QED) is 0.669. The van der Waals surface area contributed by atoms with Crippen molar-refractivity contribution in [3.05, 3.63) is 71.9 Å². The fourth-order valence-electron chi connectivity index (χ4n) is 3.25. The summed E-state index contributed by atoms with van der Waals surface area (Å²) >= 11 is 0. The maximum atomic E-state index is 5.73. The molecule has 1 fully saturated rings. The van der Waals surface area contributed by atoms with Crippen LogP contribution < -0.4 is 9.64 Å². The molecule has 6 nitrogen and oxygen atoms in total. The zero-order valence-electron chi connectivity index (χ0n) is 15.5. The summed E-state index contributed by atoms with van der Waals surface area (Å²) in [5.74, 6) is 1.95. The van der Waals surface area contributed by atoms with Crippen LogP contribution in [0.1, 0.15) is 17.3 Å². The van der Waals surface area contributed by atoms with Gasteiger partial charge in [0.2, 0.25) is 5.89 Å². The molecule has 0 unspecified atom stereocenters. The summed E-state index contributed by atoms with van der Waals surface area (Å²) in [6.45, 7) is 7.06. The van der Waals surface area contributed by atoms with Gasteiger partial charge < -0.3 is 14.1 Å². The monoisotopic (exact) mass is 364 g/mol. The minimum absolute atomic E-state index is 0.290. The molecule has 27 heavy (non-hydrogen) atoms. The van der Waals surface area contributed by atoms with E-state index >= 15 is 0 Å². The first-order valence-corrected chi connectivity index (χ1v) is 9.29. The van der Waals surface area contributed by atoms with E-state index in [1.54, 1.807) is 0 Å². The maximum absolute atomic E-state index is 5.73. The predicted molar refractivity (Wildman–Crippen MR) is 104 cm³/mol. The maximum Gasteiger partial charge on any atom is 0.253 e. The topological polar surface area (TPSA) is 54.6 Å². The largest absolute Gasteiger partial charge is 0.484 e. The first-order chi connectivity index (χ1) is 13.3. The minimum atomic E-state index is 0.290. The molecule has 2 aromatic carbocycles. The number of hydrogen-bond donors (Lipinski definition) is 0. The average molecular weight is 364 g/mol. The summed E-state index contributed by atoms with van der Waals surface area (Å²) in [5.41, 5.74) is 2.60. The first kappa shape index (κ1) is 17.5. The summed E-state index contributed by atoms with van der Waals surface area (Å²) in [7, 11) is 0. The molecule has 0 spiro atoms. The van der Waals surface area contributed by atoms with Crippen molar-refractivity contribution in [3.63, 3.8) is 0 Å². The Balaban J connectivity index is 1.26. The van der Waals surface area contributed by atoms with Crippen LogP contribution in [0.2, 0.25) is 0 Å². The Morgan fingerprint density at radius 1 is 0.926 bits per heavy atom. The molecular weight excluding hydrogens is 340 g/mol. The number of piperazine rings is 1. The molecule has 1 aliphatic heterocycles. The number of aromatic nitrogens is 2. The standard InChI is InChI=1S/C21H24N4O2/c1-17-6-5-7-18(14-17)25-12-10-24(11-13-25)15-20-22-23-21(27-20)16-26-19-8-3-2-4-9-19/h2-9,14H,10-13,15-16H2,1H3. The van der Waals surface area contributed by atoms with Crippen LogP contribution in [0.5, 0.6) is 5.75 Å². The highest BCUT2D eigenvalue weighted by Gasteiger charge is 2.19. The first-order valence-electron chi connectivity index (χ1n) is 9.29. The van der Waals surface area contributed by atoms with E-state index in [9.17, 15) is 0 Å². The number of hydrogen-bond acceptors (Lipinski definition) is 6. The van der Waals surface area contributed by atoms with Crippen molar-refractivity contribution < 1.29 is 9.15 Å². The van der Waals surface area contributed by atoms with Gasteiger partial charge in [0.15, 0.2) is 6.61 Å². The summed E-state index contributed by atoms with van der Waals surface area (Å²) in [4.78, 5) is 4.78. The van der Waals surface area contributed by atoms with Crippen LogP contribution in [0.3, 0.4) is 0 Å². The van der Waals surface area contributed by atoms with Gasteiger partial charge in [-0.25, -0.2) is 0 Å². The van der Waals surface area contributed by atoms with Crippen LogP contribution in [0.25, 0.3) is 0 Å². The lowest BCUT2D eigenvalue weighted by Gasteiger charge is -2.35. The number of nitrogens with zero attached hydrogens (tertiary/aromatic N) is 4. The van der Waals surface area contributed by atoms with Gasteiger partial charge >= 0.3 is 0 Å². The van der Waals surface area contributed by atoms with Gasteiger partial charge in [-0.1, -0.05) is 30.3 Å². The molecule has 1 aliphatic rings. The van der Waals surface area contributed by atoms with Gasteiger partial charge in [-0.2, -0.15) is 0 Å². The molecule has 0 radical (unpaired) electrons. The van der Waals surface area contributed by atoms with Crippen LogP contribution in [-0.4, -0.2) is 41.3 Å². The van der Waals surface area contributed by atoms with Crippen LogP contribution >= 0.6 is 0 Å². The summed E-state index contributed by atoms with van der Waals surface area (Å²) in [5, 5.41) is 8.25. The fraction of sp³-hybridized carbons (Fsp3) is 0.333. The van der Waals surface area contributed by atoms with Crippen LogP contribution in [0, 0.1) is 6.92 Å². The molecule has 0 amide bonds. The molecular formula is C21H24N4O2. The Morgan fingerprint density at radius 3 is 2.48 bits per heavy atom. The molecule has 3 aromatic rings. The minimum Gasteiger partial charge on any atom is -0.484 e. The second-order valence-corrected chi connectivity index (χ2v) is 6.79. The van der Waals surface area contributed by atoms with E-state index < -0.39 is 0 Å². The van der Waals surface area contributed by atoms with Gasteiger partial charge in [-0.05, 0) is 36.8 Å². The highest BCUT2D eigenvalue weighted by atomic mass is 16.5. The lowest BCUT2D eigenvalue weighted by molar-refractivity contribution is 0.214. The number of anilines is 1. The molecule has 6 heteroatoms. The lowest BCUT2D eigenvalue weighted by atomic mass is 10.2. The molecule has 4 rings (SSSR count). The van der Waals surface area contributed by atoms with E-state index in [4.69, 9.17) is 9.15 Å². The second-order valence-electron chi connectivity index (χ2n) is 6.79. The van der Waals surface area contributed by atoms with E-state index in [2.05, 4.69) is 51.2 Å². The summed E-state index contributed by atoms with van der Waals surface area (Å²) < 4.78 is 11.4. The fourth-order valence-corrected chi connectivity index (χ4v) is 3.25. The van der Waals surface area contributed by atoms with Gasteiger partial charge in [-0.3, -0.25) is 4.90 Å². The Kier molecular flexibility index (Phi) is 5.34. The molecule has 2 heterocycles. The molecule has 0 saturated carbocycles. The summed E-state index contributed by atoms with van der Waals surface area (Å²) in [6.07, 6.45) is 0. The molecule has 1 aromatic heterocycles. The van der Waals surface area contributed by atoms with Crippen LogP contribution in [0.15, 0.2) is 59.0 Å². The van der Waals surface area contributed by atoms with Gasteiger partial charge in [0.1, 0.15) is 5.75 Å². The Morgan fingerprint density at radius 2 is 1.70 bits per heavy atom. The third-order valence-electron chi connectivity index (χ3n) is 4.71. The Labute approximate surface area is 159 Å². The second kappa shape index (κ2) is 8.22. The Hall–Kier alpha value is -2.86. The van der Waals surface area contributed by atoms with Crippen molar-refractivity contribution >= 4 is 5.69 Å². The van der Waals surface area contributed by atoms with Gasteiger partial charge in [0, 0.05) is 31.9 Å². The third-order valence-corrected chi connectivity index (χ3v) is 4.71. The van der Waals surface area contributed by atoms with E-state index in [1.165, 1.54) is 11.3 Å². The molecule has 0 N–H and O–H groups in total.